The van der Waals surface area contributed by atoms with Gasteiger partial charge in [-0.15, -0.1) is 0 Å². The quantitative estimate of drug-likeness (QED) is 0.404. The molecule has 30 heavy (non-hydrogen) atoms. The average molecular weight is 431 g/mol. The number of nitro groups is 1. The molecule has 1 N–H and O–H groups in total. The number of hydrogen-bond acceptors (Lipinski definition) is 6. The molecular formula is C20H19ClN4O5. The number of nitrogens with one attached hydrogen (secondary N) is 1. The molecule has 0 radical (unpaired) electrons. The summed E-state index contributed by atoms with van der Waals surface area (Å²) in [6.07, 6.45) is 3.42. The van der Waals surface area contributed by atoms with Crippen LogP contribution in [0.15, 0.2) is 54.9 Å². The number of para-hydroxylation sites is 2. The zero-order valence-corrected chi connectivity index (χ0v) is 17.0. The van der Waals surface area contributed by atoms with Crippen molar-refractivity contribution in [2.75, 3.05) is 12.4 Å². The Balaban J connectivity index is 1.88. The molecule has 1 amide bonds. The molecule has 1 unspecified atom stereocenters. The van der Waals surface area contributed by atoms with Crippen molar-refractivity contribution in [3.63, 3.8) is 0 Å². The molecule has 0 aliphatic rings. The van der Waals surface area contributed by atoms with Gasteiger partial charge in [0.15, 0.2) is 11.5 Å². The molecule has 0 saturated carbocycles. The molecule has 10 heteroatoms. The van der Waals surface area contributed by atoms with Crippen LogP contribution in [0.3, 0.4) is 0 Å². The van der Waals surface area contributed by atoms with E-state index < -0.39 is 11.0 Å². The number of carbonyl (C=O) groups is 1. The van der Waals surface area contributed by atoms with Gasteiger partial charge in [0, 0.05) is 18.3 Å². The van der Waals surface area contributed by atoms with Gasteiger partial charge in [-0.05, 0) is 18.6 Å². The highest BCUT2D eigenvalue weighted by Gasteiger charge is 2.21. The Hall–Kier alpha value is -3.59. The fourth-order valence-electron chi connectivity index (χ4n) is 2.85. The summed E-state index contributed by atoms with van der Waals surface area (Å²) in [6.45, 7) is 1.82. The Kier molecular flexibility index (Phi) is 6.53. The number of rotatable bonds is 8. The molecule has 1 aromatic heterocycles. The highest BCUT2D eigenvalue weighted by Crippen LogP contribution is 2.34. The van der Waals surface area contributed by atoms with Crippen molar-refractivity contribution in [2.24, 2.45) is 0 Å². The topological polar surface area (TPSA) is 109 Å². The minimum absolute atomic E-state index is 0.180. The van der Waals surface area contributed by atoms with Gasteiger partial charge in [0.2, 0.25) is 5.91 Å². The number of nitro benzene ring substituents is 1. The van der Waals surface area contributed by atoms with Gasteiger partial charge in [0.1, 0.15) is 11.8 Å². The minimum atomic E-state index is -0.629. The molecule has 0 fully saturated rings. The van der Waals surface area contributed by atoms with Gasteiger partial charge in [-0.2, -0.15) is 5.10 Å². The average Bonchev–Trinajstić information content (AvgIpc) is 3.14. The Morgan fingerprint density at radius 1 is 1.30 bits per heavy atom. The van der Waals surface area contributed by atoms with Crippen LogP contribution in [0.25, 0.3) is 0 Å². The van der Waals surface area contributed by atoms with E-state index in [-0.39, 0.29) is 23.0 Å². The molecule has 0 saturated heterocycles. The molecule has 0 spiro atoms. The van der Waals surface area contributed by atoms with Gasteiger partial charge in [-0.1, -0.05) is 30.7 Å². The van der Waals surface area contributed by atoms with E-state index in [1.807, 2.05) is 6.92 Å². The highest BCUT2D eigenvalue weighted by atomic mass is 35.5. The third-order valence-corrected chi connectivity index (χ3v) is 4.44. The third-order valence-electron chi connectivity index (χ3n) is 4.25. The fourth-order valence-corrected chi connectivity index (χ4v) is 3.00. The Morgan fingerprint density at radius 3 is 2.63 bits per heavy atom. The Morgan fingerprint density at radius 2 is 2.03 bits per heavy atom. The van der Waals surface area contributed by atoms with Gasteiger partial charge < -0.3 is 14.8 Å². The normalized spacial score (nSPS) is 11.6. The van der Waals surface area contributed by atoms with Crippen LogP contribution in [-0.2, 0) is 4.79 Å². The first-order valence-electron chi connectivity index (χ1n) is 9.02. The summed E-state index contributed by atoms with van der Waals surface area (Å²) >= 11 is 5.89. The number of anilines is 1. The van der Waals surface area contributed by atoms with Crippen molar-refractivity contribution in [2.45, 2.75) is 19.4 Å². The number of halogens is 1. The largest absolute Gasteiger partial charge is 0.493 e. The number of benzene rings is 2. The van der Waals surface area contributed by atoms with Gasteiger partial charge >= 0.3 is 0 Å². The maximum atomic E-state index is 12.8. The smallest absolute Gasteiger partial charge is 0.275 e. The first-order valence-corrected chi connectivity index (χ1v) is 9.40. The zero-order chi connectivity index (χ0) is 21.7. The van der Waals surface area contributed by atoms with Crippen molar-refractivity contribution in [3.8, 4) is 17.2 Å². The summed E-state index contributed by atoms with van der Waals surface area (Å²) in [5, 5.41) is 18.5. The van der Waals surface area contributed by atoms with E-state index in [9.17, 15) is 14.9 Å². The third kappa shape index (κ3) is 4.87. The fraction of sp³-hybridized carbons (Fsp3) is 0.200. The summed E-state index contributed by atoms with van der Waals surface area (Å²) in [4.78, 5) is 23.6. The maximum absolute atomic E-state index is 12.8. The molecule has 1 atom stereocenters. The number of ether oxygens (including phenoxy) is 2. The standard InChI is InChI=1S/C20H19ClN4O5/c1-3-17(24-12-13(21)11-22-24)20(26)23-14-8-15(25(27)28)10-16(9-14)30-19-7-5-4-6-18(19)29-2/h4-12,17H,3H2,1-2H3,(H,23,26). The first kappa shape index (κ1) is 21.1. The number of methoxy groups -OCH3 is 1. The van der Waals surface area contributed by atoms with Crippen molar-refractivity contribution in [3.05, 3.63) is 70.0 Å². The van der Waals surface area contributed by atoms with Crippen LogP contribution in [0.2, 0.25) is 5.02 Å². The first-order chi connectivity index (χ1) is 14.4. The van der Waals surface area contributed by atoms with E-state index in [1.165, 1.54) is 36.2 Å². The molecular weight excluding hydrogens is 412 g/mol. The van der Waals surface area contributed by atoms with E-state index in [2.05, 4.69) is 10.4 Å². The van der Waals surface area contributed by atoms with Crippen LogP contribution < -0.4 is 14.8 Å². The number of nitrogens with zero attached hydrogens (tertiary/aromatic N) is 3. The molecule has 9 nitrogen and oxygen atoms in total. The van der Waals surface area contributed by atoms with E-state index in [0.717, 1.165) is 0 Å². The SMILES string of the molecule is CCC(C(=O)Nc1cc(Oc2ccccc2OC)cc([N+](=O)[O-])c1)n1cc(Cl)cn1. The van der Waals surface area contributed by atoms with Crippen molar-refractivity contribution < 1.29 is 19.2 Å². The van der Waals surface area contributed by atoms with E-state index in [1.54, 1.807) is 30.5 Å². The second kappa shape index (κ2) is 9.27. The van der Waals surface area contributed by atoms with Crippen LogP contribution >= 0.6 is 11.6 Å². The predicted molar refractivity (Wildman–Crippen MR) is 111 cm³/mol. The molecule has 0 bridgehead atoms. The van der Waals surface area contributed by atoms with Crippen LogP contribution in [-0.4, -0.2) is 27.7 Å². The summed E-state index contributed by atoms with van der Waals surface area (Å²) < 4.78 is 12.5. The number of non-ortho nitro benzene ring substituents is 1. The molecule has 0 aliphatic carbocycles. The number of hydrogen-bond donors (Lipinski definition) is 1. The molecule has 2 aromatic carbocycles. The molecule has 156 valence electrons. The lowest BCUT2D eigenvalue weighted by Gasteiger charge is -2.16. The van der Waals surface area contributed by atoms with Crippen LogP contribution in [0.1, 0.15) is 19.4 Å². The summed E-state index contributed by atoms with van der Waals surface area (Å²) in [5.41, 5.74) is -0.0105. The van der Waals surface area contributed by atoms with E-state index in [4.69, 9.17) is 21.1 Å². The van der Waals surface area contributed by atoms with E-state index in [0.29, 0.717) is 22.9 Å². The highest BCUT2D eigenvalue weighted by molar-refractivity contribution is 6.30. The number of amides is 1. The predicted octanol–water partition coefficient (Wildman–Crippen LogP) is 4.84. The van der Waals surface area contributed by atoms with Gasteiger partial charge in [0.05, 0.1) is 35.0 Å². The second-order valence-electron chi connectivity index (χ2n) is 6.28. The summed E-state index contributed by atoms with van der Waals surface area (Å²) in [5.74, 6) is 0.645. The van der Waals surface area contributed by atoms with Crippen LogP contribution in [0.5, 0.6) is 17.2 Å². The summed E-state index contributed by atoms with van der Waals surface area (Å²) in [6, 6.07) is 10.3. The lowest BCUT2D eigenvalue weighted by molar-refractivity contribution is -0.384. The lowest BCUT2D eigenvalue weighted by atomic mass is 10.2. The lowest BCUT2D eigenvalue weighted by Crippen LogP contribution is -2.26. The second-order valence-corrected chi connectivity index (χ2v) is 6.71. The Labute approximate surface area is 177 Å². The van der Waals surface area contributed by atoms with Gasteiger partial charge in [-0.25, -0.2) is 0 Å². The van der Waals surface area contributed by atoms with Crippen LogP contribution in [0, 0.1) is 10.1 Å². The Bertz CT molecular complexity index is 1070. The molecule has 3 aromatic rings. The van der Waals surface area contributed by atoms with Crippen molar-refractivity contribution in [1.29, 1.82) is 0 Å². The maximum Gasteiger partial charge on any atom is 0.275 e. The van der Waals surface area contributed by atoms with Gasteiger partial charge in [0.25, 0.3) is 5.69 Å². The zero-order valence-electron chi connectivity index (χ0n) is 16.2. The number of carbonyl (C=O) groups excluding carboxylic acids is 1. The monoisotopic (exact) mass is 430 g/mol. The minimum Gasteiger partial charge on any atom is -0.493 e. The molecule has 1 heterocycles. The molecule has 0 aliphatic heterocycles. The van der Waals surface area contributed by atoms with Crippen molar-refractivity contribution in [1.82, 2.24) is 9.78 Å². The van der Waals surface area contributed by atoms with Crippen molar-refractivity contribution >= 4 is 28.9 Å². The van der Waals surface area contributed by atoms with E-state index >= 15 is 0 Å². The molecule has 3 rings (SSSR count). The van der Waals surface area contributed by atoms with Crippen LogP contribution in [0.4, 0.5) is 11.4 Å². The van der Waals surface area contributed by atoms with Gasteiger partial charge in [-0.3, -0.25) is 19.6 Å². The number of aromatic nitrogens is 2. The summed E-state index contributed by atoms with van der Waals surface area (Å²) in [7, 11) is 1.49.